The molecule has 1 N–H and O–H groups in total. The number of benzene rings is 2. The first kappa shape index (κ1) is 29.6. The molecule has 0 radical (unpaired) electrons. The lowest BCUT2D eigenvalue weighted by atomic mass is 10.0. The van der Waals surface area contributed by atoms with Crippen LogP contribution >= 0.6 is 0 Å². The van der Waals surface area contributed by atoms with E-state index in [9.17, 15) is 22.4 Å². The lowest BCUT2D eigenvalue weighted by Gasteiger charge is -2.24. The number of ether oxygens (including phenoxy) is 4. The van der Waals surface area contributed by atoms with E-state index in [-0.39, 0.29) is 52.6 Å². The summed E-state index contributed by atoms with van der Waals surface area (Å²) in [4.78, 5) is 26.4. The zero-order chi connectivity index (χ0) is 29.2. The Morgan fingerprint density at radius 2 is 1.82 bits per heavy atom. The van der Waals surface area contributed by atoms with Gasteiger partial charge in [0, 0.05) is 12.1 Å². The van der Waals surface area contributed by atoms with Crippen LogP contribution in [0.15, 0.2) is 35.2 Å². The third-order valence-corrected chi connectivity index (χ3v) is 8.09. The molecule has 1 amide bonds. The Bertz CT molecular complexity index is 1390. The quantitative estimate of drug-likeness (QED) is 0.421. The second-order valence-corrected chi connectivity index (χ2v) is 12.5. The number of carbonyl (C=O) groups excluding carboxylic acids is 2. The number of sulfonamides is 1. The van der Waals surface area contributed by atoms with Crippen molar-refractivity contribution in [3.8, 4) is 5.75 Å². The molecule has 1 heterocycles. The number of anilines is 1. The minimum atomic E-state index is -4.30. The van der Waals surface area contributed by atoms with Gasteiger partial charge in [-0.25, -0.2) is 22.4 Å². The Balaban J connectivity index is 1.55. The van der Waals surface area contributed by atoms with Crippen LogP contribution < -0.4 is 9.46 Å². The minimum Gasteiger partial charge on any atom is -0.495 e. The molecule has 1 atom stereocenters. The van der Waals surface area contributed by atoms with Gasteiger partial charge < -0.3 is 23.8 Å². The van der Waals surface area contributed by atoms with Gasteiger partial charge in [0.05, 0.1) is 44.1 Å². The molecule has 0 aromatic heterocycles. The normalized spacial score (nSPS) is 17.4. The molecule has 1 aliphatic carbocycles. The number of carbonyl (C=O) groups is 2. The van der Waals surface area contributed by atoms with Crippen molar-refractivity contribution >= 4 is 27.8 Å². The number of likely N-dealkylation sites (tertiary alicyclic amines) is 1. The third kappa shape index (κ3) is 6.84. The third-order valence-electron chi connectivity index (χ3n) is 6.63. The summed E-state index contributed by atoms with van der Waals surface area (Å²) in [5.74, 6) is -0.903. The number of hydrogen-bond acceptors (Lipinski definition) is 8. The van der Waals surface area contributed by atoms with Crippen molar-refractivity contribution in [2.75, 3.05) is 32.0 Å². The van der Waals surface area contributed by atoms with E-state index in [2.05, 4.69) is 4.72 Å². The topological polar surface area (TPSA) is 120 Å². The number of hydrogen-bond donors (Lipinski definition) is 1. The van der Waals surface area contributed by atoms with Crippen molar-refractivity contribution in [1.29, 1.82) is 0 Å². The Morgan fingerprint density at radius 1 is 1.10 bits per heavy atom. The number of amides is 1. The molecule has 0 spiro atoms. The molecule has 2 aromatic rings. The van der Waals surface area contributed by atoms with E-state index in [1.165, 1.54) is 25.2 Å². The first-order valence-corrected chi connectivity index (χ1v) is 14.5. The van der Waals surface area contributed by atoms with Crippen molar-refractivity contribution in [1.82, 2.24) is 4.90 Å². The van der Waals surface area contributed by atoms with Gasteiger partial charge in [-0.15, -0.1) is 0 Å². The maximum atomic E-state index is 14.2. The van der Waals surface area contributed by atoms with Gasteiger partial charge in [-0.3, -0.25) is 4.72 Å². The van der Waals surface area contributed by atoms with Crippen LogP contribution in [-0.2, 0) is 30.8 Å². The van der Waals surface area contributed by atoms with Gasteiger partial charge in [0.2, 0.25) is 0 Å². The van der Waals surface area contributed by atoms with Crippen LogP contribution in [0.4, 0.5) is 14.9 Å². The summed E-state index contributed by atoms with van der Waals surface area (Å²) in [5, 5.41) is 0. The summed E-state index contributed by atoms with van der Waals surface area (Å²) >= 11 is 0. The number of halogens is 1. The van der Waals surface area contributed by atoms with Crippen LogP contribution in [0.2, 0.25) is 0 Å². The van der Waals surface area contributed by atoms with Crippen LogP contribution in [0.5, 0.6) is 5.75 Å². The fraction of sp³-hybridized carbons (Fsp3) is 0.500. The summed E-state index contributed by atoms with van der Waals surface area (Å²) in [6.45, 7) is 5.81. The standard InChI is InChI=1S/C28H35FN2O8S/c1-28(2,3)39-27(33)31-13-12-20(15-31)38-16-18-14-19(29)8-11-23(18)40(34,35)30-22-10-9-21(17-6-7-17)25(36-4)24(22)26(32)37-5/h8-11,14,17,20,30H,6-7,12-13,15-16H2,1-5H3. The highest BCUT2D eigenvalue weighted by Gasteiger charge is 2.33. The molecule has 1 aliphatic heterocycles. The van der Waals surface area contributed by atoms with E-state index >= 15 is 0 Å². The van der Waals surface area contributed by atoms with E-state index in [4.69, 9.17) is 18.9 Å². The second-order valence-electron chi connectivity index (χ2n) is 10.9. The number of nitrogens with zero attached hydrogens (tertiary/aromatic N) is 1. The van der Waals surface area contributed by atoms with Crippen molar-refractivity contribution < 1.29 is 41.3 Å². The molecule has 10 nitrogen and oxygen atoms in total. The van der Waals surface area contributed by atoms with Crippen LogP contribution in [0.25, 0.3) is 0 Å². The van der Waals surface area contributed by atoms with E-state index in [0.717, 1.165) is 36.6 Å². The molecule has 1 unspecified atom stereocenters. The summed E-state index contributed by atoms with van der Waals surface area (Å²) in [6.07, 6.45) is 1.56. The largest absolute Gasteiger partial charge is 0.495 e. The molecule has 218 valence electrons. The molecular weight excluding hydrogens is 543 g/mol. The fourth-order valence-electron chi connectivity index (χ4n) is 4.61. The Kier molecular flexibility index (Phi) is 8.60. The van der Waals surface area contributed by atoms with Crippen molar-refractivity contribution in [3.63, 3.8) is 0 Å². The second kappa shape index (κ2) is 11.6. The molecule has 12 heteroatoms. The highest BCUT2D eigenvalue weighted by Crippen LogP contribution is 2.47. The van der Waals surface area contributed by atoms with Gasteiger partial charge in [-0.2, -0.15) is 0 Å². The smallest absolute Gasteiger partial charge is 0.410 e. The van der Waals surface area contributed by atoms with E-state index in [1.807, 2.05) is 0 Å². The summed E-state index contributed by atoms with van der Waals surface area (Å²) in [7, 11) is -1.69. The number of rotatable bonds is 9. The molecule has 1 saturated heterocycles. The maximum absolute atomic E-state index is 14.2. The summed E-state index contributed by atoms with van der Waals surface area (Å²) in [6, 6.07) is 6.50. The maximum Gasteiger partial charge on any atom is 0.410 e. The van der Waals surface area contributed by atoms with Gasteiger partial charge in [0.25, 0.3) is 10.0 Å². The predicted molar refractivity (Wildman–Crippen MR) is 145 cm³/mol. The molecule has 40 heavy (non-hydrogen) atoms. The molecule has 2 aliphatic rings. The number of esters is 1. The van der Waals surface area contributed by atoms with E-state index in [1.54, 1.807) is 26.8 Å². The van der Waals surface area contributed by atoms with Gasteiger partial charge in [0.15, 0.2) is 0 Å². The Hall–Kier alpha value is -3.38. The lowest BCUT2D eigenvalue weighted by molar-refractivity contribution is 0.0181. The molecule has 1 saturated carbocycles. The monoisotopic (exact) mass is 578 g/mol. The molecular formula is C28H35FN2O8S. The van der Waals surface area contributed by atoms with Gasteiger partial charge in [-0.1, -0.05) is 6.07 Å². The van der Waals surface area contributed by atoms with Crippen LogP contribution in [0.3, 0.4) is 0 Å². The Morgan fingerprint density at radius 3 is 2.45 bits per heavy atom. The van der Waals surface area contributed by atoms with Gasteiger partial charge in [0.1, 0.15) is 22.7 Å². The van der Waals surface area contributed by atoms with Gasteiger partial charge in [-0.05, 0) is 75.8 Å². The predicted octanol–water partition coefficient (Wildman–Crippen LogP) is 4.83. The first-order chi connectivity index (χ1) is 18.8. The zero-order valence-corrected chi connectivity index (χ0v) is 24.1. The minimum absolute atomic E-state index is 0.0203. The van der Waals surface area contributed by atoms with Gasteiger partial charge >= 0.3 is 12.1 Å². The molecule has 2 aromatic carbocycles. The number of methoxy groups -OCH3 is 2. The average Bonchev–Trinajstić information content (AvgIpc) is 3.61. The molecule has 0 bridgehead atoms. The van der Waals surface area contributed by atoms with Crippen molar-refractivity contribution in [2.24, 2.45) is 0 Å². The fourth-order valence-corrected chi connectivity index (χ4v) is 5.89. The van der Waals surface area contributed by atoms with Crippen molar-refractivity contribution in [3.05, 3.63) is 52.8 Å². The van der Waals surface area contributed by atoms with Crippen LogP contribution in [-0.4, -0.2) is 64.4 Å². The van der Waals surface area contributed by atoms with Crippen molar-refractivity contribution in [2.45, 2.75) is 69.2 Å². The van der Waals surface area contributed by atoms with E-state index in [0.29, 0.717) is 13.0 Å². The number of nitrogens with one attached hydrogen (secondary N) is 1. The van der Waals surface area contributed by atoms with E-state index < -0.39 is 33.5 Å². The van der Waals surface area contributed by atoms with Crippen LogP contribution in [0.1, 0.15) is 67.4 Å². The lowest BCUT2D eigenvalue weighted by Crippen LogP contribution is -2.36. The Labute approximate surface area is 233 Å². The first-order valence-electron chi connectivity index (χ1n) is 13.0. The van der Waals surface area contributed by atoms with Crippen LogP contribution in [0, 0.1) is 5.82 Å². The highest BCUT2D eigenvalue weighted by molar-refractivity contribution is 7.92. The molecule has 2 fully saturated rings. The molecule has 4 rings (SSSR count). The zero-order valence-electron chi connectivity index (χ0n) is 23.3. The highest BCUT2D eigenvalue weighted by atomic mass is 32.2. The SMILES string of the molecule is COC(=O)c1c(NS(=O)(=O)c2ccc(F)cc2COC2CCN(C(=O)OC(C)(C)C)C2)ccc(C2CC2)c1OC. The average molecular weight is 579 g/mol. The summed E-state index contributed by atoms with van der Waals surface area (Å²) in [5.41, 5.74) is 0.200. The summed E-state index contributed by atoms with van der Waals surface area (Å²) < 4.78 is 65.5.